The predicted molar refractivity (Wildman–Crippen MR) is 435 cm³/mol. The third-order valence-electron chi connectivity index (χ3n) is 21.6. The summed E-state index contributed by atoms with van der Waals surface area (Å²) < 4.78 is 68.3. The monoisotopic (exact) mass is 1450 g/mol. The molecule has 0 N–H and O–H groups in total. The van der Waals surface area contributed by atoms with Crippen molar-refractivity contribution in [3.63, 3.8) is 0 Å². The van der Waals surface area contributed by atoms with E-state index in [1.54, 1.807) is 24.3 Å². The summed E-state index contributed by atoms with van der Waals surface area (Å²) in [6.07, 6.45) is 106. The quantitative estimate of drug-likeness (QED) is 0.0370. The van der Waals surface area contributed by atoms with Gasteiger partial charge in [0.1, 0.15) is 20.2 Å². The van der Waals surface area contributed by atoms with E-state index in [1.165, 1.54) is 462 Å². The van der Waals surface area contributed by atoms with Crippen molar-refractivity contribution in [1.29, 1.82) is 0 Å². The second-order valence-corrected chi connectivity index (χ2v) is 33.8. The molecule has 9 heteroatoms. The Kier molecular flexibility index (Phi) is 78.2. The van der Waals surface area contributed by atoms with E-state index in [-0.39, 0.29) is 47.5 Å². The number of aryl methyl sites for hydroxylation is 2. The molecule has 0 aromatic heterocycles. The van der Waals surface area contributed by atoms with Gasteiger partial charge in [-0.1, -0.05) is 513 Å². The summed E-state index contributed by atoms with van der Waals surface area (Å²) in [6, 6.07) is 13.3. The minimum Gasteiger partial charge on any atom is -0.744 e. The number of rotatable bonds is 78. The summed E-state index contributed by atoms with van der Waals surface area (Å²) in [4.78, 5) is -0.0807. The Bertz CT molecular complexity index is 1980. The second kappa shape index (κ2) is 78.6. The molecule has 0 heterocycles. The van der Waals surface area contributed by atoms with Crippen molar-refractivity contribution in [3.8, 4) is 0 Å². The summed E-state index contributed by atoms with van der Waals surface area (Å²) in [5.74, 6) is 0. The van der Waals surface area contributed by atoms with E-state index in [2.05, 4.69) is 13.8 Å². The van der Waals surface area contributed by atoms with E-state index in [0.29, 0.717) is 24.0 Å². The van der Waals surface area contributed by atoms with Crippen molar-refractivity contribution >= 4 is 58.0 Å². The molecule has 0 aliphatic rings. The molecule has 0 aliphatic carbocycles. The van der Waals surface area contributed by atoms with Crippen LogP contribution in [0.5, 0.6) is 0 Å². The van der Waals surface area contributed by atoms with Crippen LogP contribution in [-0.4, -0.2) is 63.7 Å². The zero-order chi connectivity index (χ0) is 70.7. The van der Waals surface area contributed by atoms with Crippen LogP contribution in [-0.2, 0) is 33.1 Å². The van der Waals surface area contributed by atoms with Gasteiger partial charge < -0.3 is 9.11 Å². The van der Waals surface area contributed by atoms with Gasteiger partial charge in [-0.2, -0.15) is 0 Å². The number of benzene rings is 2. The standard InChI is InChI=1S/2C45H84O3S.Ca/c2*1-2-3-4-5-6-7-8-9-10-11-12-13-14-15-16-17-18-19-20-21-22-23-24-25-26-27-28-29-30-31-32-33-34-35-36-37-38-41-44-42-39-40-43-45(44)49(46,47)48;/h2*39-40,42-43H,2-38,41H2,1H3,(H,46,47,48);/q;;+2/p-2. The molecule has 2 aromatic carbocycles. The molecule has 576 valence electrons. The van der Waals surface area contributed by atoms with Gasteiger partial charge in [-0.25, -0.2) is 16.8 Å². The predicted octanol–water partition coefficient (Wildman–Crippen LogP) is 30.8. The van der Waals surface area contributed by atoms with Gasteiger partial charge in [0.05, 0.1) is 9.79 Å². The first kappa shape index (κ1) is 98.5. The number of hydrogen-bond donors (Lipinski definition) is 0. The normalized spacial score (nSPS) is 11.8. The molecule has 0 saturated heterocycles. The van der Waals surface area contributed by atoms with E-state index in [1.807, 2.05) is 12.1 Å². The van der Waals surface area contributed by atoms with E-state index in [9.17, 15) is 25.9 Å². The third-order valence-corrected chi connectivity index (χ3v) is 23.5. The van der Waals surface area contributed by atoms with Crippen LogP contribution in [0.15, 0.2) is 58.3 Å². The van der Waals surface area contributed by atoms with Crippen molar-refractivity contribution in [2.75, 3.05) is 0 Å². The Balaban J connectivity index is 0.00000192. The zero-order valence-electron chi connectivity index (χ0n) is 66.3. The molecule has 0 radical (unpaired) electrons. The van der Waals surface area contributed by atoms with E-state index in [0.717, 1.165) is 25.7 Å². The molecule has 0 spiro atoms. The van der Waals surface area contributed by atoms with Gasteiger partial charge in [-0.3, -0.25) is 0 Å². The Labute approximate surface area is 649 Å². The largest absolute Gasteiger partial charge is 2.00 e. The molecule has 0 saturated carbocycles. The van der Waals surface area contributed by atoms with Gasteiger partial charge in [0.2, 0.25) is 0 Å². The first-order valence-corrected chi connectivity index (χ1v) is 47.0. The van der Waals surface area contributed by atoms with Crippen LogP contribution in [0.25, 0.3) is 0 Å². The molecule has 0 amide bonds. The SMILES string of the molecule is CCCCCCCCCCCCCCCCCCCCCCCCCCCCCCCCCCCCCCCc1ccccc1S(=O)(=O)[O-].CCCCCCCCCCCCCCCCCCCCCCCCCCCCCCCCCCCCCCCc1ccccc1S(=O)(=O)[O-].[Ca+2]. The van der Waals surface area contributed by atoms with Crippen molar-refractivity contribution < 1.29 is 25.9 Å². The maximum Gasteiger partial charge on any atom is 2.00 e. The summed E-state index contributed by atoms with van der Waals surface area (Å²) in [6.45, 7) is 4.61. The third kappa shape index (κ3) is 71.5. The van der Waals surface area contributed by atoms with Gasteiger partial charge in [0, 0.05) is 0 Å². The molecule has 2 rings (SSSR count). The Morgan fingerprint density at radius 1 is 0.192 bits per heavy atom. The summed E-state index contributed by atoms with van der Waals surface area (Å²) in [7, 11) is -8.74. The Hall–Kier alpha value is -0.480. The van der Waals surface area contributed by atoms with Crippen LogP contribution >= 0.6 is 0 Å². The van der Waals surface area contributed by atoms with Crippen LogP contribution in [0.3, 0.4) is 0 Å². The number of unbranched alkanes of at least 4 members (excludes halogenated alkanes) is 72. The molecule has 0 bridgehead atoms. The summed E-state index contributed by atoms with van der Waals surface area (Å²) in [5, 5.41) is 0. The average Bonchev–Trinajstić information content (AvgIpc) is 0.872. The smallest absolute Gasteiger partial charge is 0.744 e. The van der Waals surface area contributed by atoms with Crippen LogP contribution < -0.4 is 0 Å². The minimum atomic E-state index is -4.37. The van der Waals surface area contributed by atoms with Gasteiger partial charge in [0.25, 0.3) is 0 Å². The maximum absolute atomic E-state index is 11.4. The van der Waals surface area contributed by atoms with Crippen molar-refractivity contribution in [2.24, 2.45) is 0 Å². The summed E-state index contributed by atoms with van der Waals surface area (Å²) in [5.41, 5.74) is 1.35. The topological polar surface area (TPSA) is 114 Å². The van der Waals surface area contributed by atoms with Crippen molar-refractivity contribution in [1.82, 2.24) is 0 Å². The van der Waals surface area contributed by atoms with Crippen molar-refractivity contribution in [3.05, 3.63) is 59.7 Å². The molecule has 0 fully saturated rings. The molecule has 0 unspecified atom stereocenters. The Morgan fingerprint density at radius 2 is 0.303 bits per heavy atom. The van der Waals surface area contributed by atoms with Gasteiger partial charge >= 0.3 is 37.7 Å². The fourth-order valence-electron chi connectivity index (χ4n) is 15.1. The zero-order valence-corrected chi connectivity index (χ0v) is 70.2. The van der Waals surface area contributed by atoms with Crippen LogP contribution in [0, 0.1) is 0 Å². The molecule has 0 atom stereocenters. The van der Waals surface area contributed by atoms with Crippen LogP contribution in [0.2, 0.25) is 0 Å². The maximum atomic E-state index is 11.4. The van der Waals surface area contributed by atoms with Gasteiger partial charge in [-0.15, -0.1) is 0 Å². The summed E-state index contributed by atoms with van der Waals surface area (Å²) >= 11 is 0. The first-order valence-electron chi connectivity index (χ1n) is 44.2. The molecule has 0 aliphatic heterocycles. The van der Waals surface area contributed by atoms with E-state index < -0.39 is 20.2 Å². The minimum absolute atomic E-state index is 0. The van der Waals surface area contributed by atoms with E-state index in [4.69, 9.17) is 0 Å². The fourth-order valence-corrected chi connectivity index (χ4v) is 16.5. The van der Waals surface area contributed by atoms with E-state index >= 15 is 0 Å². The molecular formula is C90H166CaO6S2. The molecule has 99 heavy (non-hydrogen) atoms. The van der Waals surface area contributed by atoms with Gasteiger partial charge in [-0.05, 0) is 48.9 Å². The first-order chi connectivity index (χ1) is 48.1. The molecular weight excluding hydrogens is 1280 g/mol. The van der Waals surface area contributed by atoms with Crippen LogP contribution in [0.1, 0.15) is 500 Å². The second-order valence-electron chi connectivity index (χ2n) is 31.1. The van der Waals surface area contributed by atoms with Gasteiger partial charge in [0.15, 0.2) is 0 Å². The average molecular weight is 1450 g/mol. The van der Waals surface area contributed by atoms with Crippen molar-refractivity contribution in [2.45, 2.75) is 512 Å². The molecule has 2 aromatic rings. The van der Waals surface area contributed by atoms with Crippen LogP contribution in [0.4, 0.5) is 0 Å². The number of hydrogen-bond acceptors (Lipinski definition) is 6. The fraction of sp³-hybridized carbons (Fsp3) is 0.867. The Morgan fingerprint density at radius 3 is 0.424 bits per heavy atom. The molecule has 6 nitrogen and oxygen atoms in total.